The summed E-state index contributed by atoms with van der Waals surface area (Å²) in [6, 6.07) is 19.1. The minimum Gasteiger partial charge on any atom is -0.504 e. The molecule has 10 nitrogen and oxygen atoms in total. The lowest BCUT2D eigenvalue weighted by molar-refractivity contribution is -0.184. The Kier molecular flexibility index (Phi) is 12.3. The van der Waals surface area contributed by atoms with Crippen molar-refractivity contribution in [3.05, 3.63) is 119 Å². The van der Waals surface area contributed by atoms with Gasteiger partial charge in [0.15, 0.2) is 23.0 Å². The number of hydrogen-bond acceptors (Lipinski definition) is 10. The fraction of sp³-hybridized carbons (Fsp3) is 0.294. The van der Waals surface area contributed by atoms with Crippen molar-refractivity contribution in [2.24, 2.45) is 0 Å². The van der Waals surface area contributed by atoms with Gasteiger partial charge in [0.2, 0.25) is 0 Å². The Balaban J connectivity index is 1.61. The Morgan fingerprint density at radius 3 is 1.43 bits per heavy atom. The van der Waals surface area contributed by atoms with Gasteiger partial charge in [-0.25, -0.2) is 8.78 Å². The number of benzene rings is 4. The summed E-state index contributed by atoms with van der Waals surface area (Å²) in [5.41, 5.74) is 2.01. The van der Waals surface area contributed by atoms with E-state index in [1.165, 1.54) is 84.9 Å². The molecule has 0 saturated heterocycles. The van der Waals surface area contributed by atoms with Crippen LogP contribution in [0.4, 0.5) is 8.78 Å². The number of phenolic OH excluding ortho intramolecular Hbond substituents is 4. The highest BCUT2D eigenvalue weighted by Crippen LogP contribution is 2.28. The van der Waals surface area contributed by atoms with E-state index in [0.29, 0.717) is 22.3 Å². The van der Waals surface area contributed by atoms with Gasteiger partial charge < -0.3 is 50.0 Å². The highest BCUT2D eigenvalue weighted by atomic mass is 19.1. The first-order valence-corrected chi connectivity index (χ1v) is 14.4. The smallest absolute Gasteiger partial charge is 0.157 e. The van der Waals surface area contributed by atoms with Crippen LogP contribution in [0, 0.1) is 11.6 Å². The summed E-state index contributed by atoms with van der Waals surface area (Å²) < 4.78 is 45.1. The molecule has 246 valence electrons. The van der Waals surface area contributed by atoms with Crippen molar-refractivity contribution in [3.8, 4) is 23.0 Å². The van der Waals surface area contributed by atoms with Crippen LogP contribution in [0.3, 0.4) is 0 Å². The van der Waals surface area contributed by atoms with Crippen LogP contribution in [0.1, 0.15) is 22.3 Å². The zero-order valence-electron chi connectivity index (χ0n) is 24.6. The van der Waals surface area contributed by atoms with Crippen molar-refractivity contribution in [2.45, 2.75) is 56.8 Å². The van der Waals surface area contributed by atoms with Gasteiger partial charge in [-0.2, -0.15) is 0 Å². The van der Waals surface area contributed by atoms with Crippen LogP contribution in [-0.2, 0) is 40.5 Å². The van der Waals surface area contributed by atoms with Gasteiger partial charge in [0.1, 0.15) is 36.1 Å². The third-order valence-electron chi connectivity index (χ3n) is 7.33. The van der Waals surface area contributed by atoms with Gasteiger partial charge in [-0.15, -0.1) is 0 Å². The molecule has 0 aromatic heterocycles. The minimum atomic E-state index is -1.75. The van der Waals surface area contributed by atoms with Crippen molar-refractivity contribution in [1.29, 1.82) is 0 Å². The summed E-state index contributed by atoms with van der Waals surface area (Å²) in [6.45, 7) is -1.21. The second-order valence-corrected chi connectivity index (χ2v) is 10.7. The fourth-order valence-corrected chi connectivity index (χ4v) is 4.72. The first kappa shape index (κ1) is 34.6. The summed E-state index contributed by atoms with van der Waals surface area (Å²) in [4.78, 5) is 0. The van der Waals surface area contributed by atoms with E-state index >= 15 is 0 Å². The number of hydrogen-bond donors (Lipinski definition) is 7. The maximum atomic E-state index is 13.7. The van der Waals surface area contributed by atoms with Gasteiger partial charge >= 0.3 is 0 Å². The lowest BCUT2D eigenvalue weighted by atomic mass is 9.94. The number of phenols is 4. The zero-order valence-corrected chi connectivity index (χ0v) is 24.6. The van der Waals surface area contributed by atoms with E-state index in [4.69, 9.17) is 14.2 Å². The Labute approximate surface area is 263 Å². The predicted octanol–water partition coefficient (Wildman–Crippen LogP) is 3.80. The Bertz CT molecular complexity index is 1530. The molecule has 0 bridgehead atoms. The van der Waals surface area contributed by atoms with Crippen molar-refractivity contribution in [3.63, 3.8) is 0 Å². The quantitative estimate of drug-likeness (QED) is 0.0893. The summed E-state index contributed by atoms with van der Waals surface area (Å²) >= 11 is 0. The zero-order chi connectivity index (χ0) is 33.2. The predicted molar refractivity (Wildman–Crippen MR) is 161 cm³/mol. The molecular formula is C34H36F2O10. The minimum absolute atomic E-state index is 0.0565. The maximum Gasteiger partial charge on any atom is 0.157 e. The topological polar surface area (TPSA) is 169 Å². The van der Waals surface area contributed by atoms with E-state index in [1.54, 1.807) is 0 Å². The Hall–Kier alpha value is -4.30. The molecule has 4 aromatic carbocycles. The van der Waals surface area contributed by atoms with Gasteiger partial charge in [0.05, 0.1) is 32.5 Å². The first-order chi connectivity index (χ1) is 22.0. The molecule has 1 unspecified atom stereocenters. The van der Waals surface area contributed by atoms with Crippen molar-refractivity contribution in [2.75, 3.05) is 6.61 Å². The first-order valence-electron chi connectivity index (χ1n) is 14.4. The van der Waals surface area contributed by atoms with Crippen LogP contribution in [0.25, 0.3) is 0 Å². The summed E-state index contributed by atoms with van der Waals surface area (Å²) in [6.07, 6.45) is -7.13. The molecule has 7 N–H and O–H groups in total. The number of halogens is 2. The van der Waals surface area contributed by atoms with E-state index in [9.17, 15) is 44.5 Å². The van der Waals surface area contributed by atoms with E-state index in [2.05, 4.69) is 0 Å². The third-order valence-corrected chi connectivity index (χ3v) is 7.33. The number of aliphatic hydroxyl groups excluding tert-OH is 3. The largest absolute Gasteiger partial charge is 0.504 e. The van der Waals surface area contributed by atoms with Crippen molar-refractivity contribution in [1.82, 2.24) is 0 Å². The van der Waals surface area contributed by atoms with Crippen LogP contribution < -0.4 is 0 Å². The van der Waals surface area contributed by atoms with Crippen LogP contribution in [0.2, 0.25) is 0 Å². The van der Waals surface area contributed by atoms with Gasteiger partial charge in [-0.1, -0.05) is 36.4 Å². The number of rotatable bonds is 16. The summed E-state index contributed by atoms with van der Waals surface area (Å²) in [5, 5.41) is 71.9. The highest BCUT2D eigenvalue weighted by molar-refractivity contribution is 5.41. The number of aliphatic hydroxyl groups is 3. The summed E-state index contributed by atoms with van der Waals surface area (Å²) in [5.74, 6) is -2.39. The van der Waals surface area contributed by atoms with Crippen molar-refractivity contribution >= 4 is 0 Å². The molecular weight excluding hydrogens is 606 g/mol. The molecule has 0 aliphatic carbocycles. The molecule has 0 spiro atoms. The lowest BCUT2D eigenvalue weighted by Gasteiger charge is -2.35. The van der Waals surface area contributed by atoms with Gasteiger partial charge in [-0.3, -0.25) is 0 Å². The molecule has 0 heterocycles. The maximum absolute atomic E-state index is 13.7. The van der Waals surface area contributed by atoms with Gasteiger partial charge in [0.25, 0.3) is 0 Å². The molecule has 0 radical (unpaired) electrons. The van der Waals surface area contributed by atoms with Crippen LogP contribution in [-0.4, -0.2) is 72.9 Å². The average Bonchev–Trinajstić information content (AvgIpc) is 3.04. The molecule has 46 heavy (non-hydrogen) atoms. The monoisotopic (exact) mass is 642 g/mol. The molecule has 0 saturated carbocycles. The molecule has 5 atom stereocenters. The molecule has 4 rings (SSSR count). The van der Waals surface area contributed by atoms with Crippen LogP contribution >= 0.6 is 0 Å². The van der Waals surface area contributed by atoms with Crippen LogP contribution in [0.5, 0.6) is 23.0 Å². The Morgan fingerprint density at radius 1 is 0.500 bits per heavy atom. The second kappa shape index (κ2) is 16.3. The Morgan fingerprint density at radius 2 is 0.935 bits per heavy atom. The molecule has 0 amide bonds. The highest BCUT2D eigenvalue weighted by Gasteiger charge is 2.39. The normalized spacial score (nSPS) is 14.8. The SMILES string of the molecule is OC[C@@H](OCc1ccc(O)c(O)c1)[C@@H](O)[C@H](O)[C@H](OCc1ccc(O)c(O)c1)C(Cc1ccc(F)cc1)OCc1ccc(F)cc1. The number of ether oxygens (including phenoxy) is 3. The lowest BCUT2D eigenvalue weighted by Crippen LogP contribution is -2.52. The van der Waals surface area contributed by atoms with Gasteiger partial charge in [-0.05, 0) is 70.8 Å². The number of aromatic hydroxyl groups is 4. The van der Waals surface area contributed by atoms with E-state index in [-0.39, 0.29) is 37.7 Å². The fourth-order valence-electron chi connectivity index (χ4n) is 4.72. The molecule has 0 aliphatic heterocycles. The molecule has 12 heteroatoms. The van der Waals surface area contributed by atoms with E-state index in [1.807, 2.05) is 0 Å². The molecule has 4 aromatic rings. The molecule has 0 fully saturated rings. The van der Waals surface area contributed by atoms with Crippen molar-refractivity contribution < 1.29 is 58.7 Å². The van der Waals surface area contributed by atoms with Crippen LogP contribution in [0.15, 0.2) is 84.9 Å². The van der Waals surface area contributed by atoms with E-state index < -0.39 is 60.3 Å². The standard InChI is InChI=1S/C34H36F2O10/c35-24-7-1-20(2-8-24)15-30(44-17-21-3-9-25(36)10-4-21)34(46-19-23-6-12-27(39)29(41)14-23)33(43)32(42)31(16-37)45-18-22-5-11-26(38)28(40)13-22/h1-14,30-34,37-43H,15-19H2/t30?,31-,32-,33+,34-/m1/s1. The van der Waals surface area contributed by atoms with E-state index in [0.717, 1.165) is 0 Å². The third kappa shape index (κ3) is 9.60. The molecule has 0 aliphatic rings. The van der Waals surface area contributed by atoms with Gasteiger partial charge in [0, 0.05) is 6.42 Å². The average molecular weight is 643 g/mol. The second-order valence-electron chi connectivity index (χ2n) is 10.7. The summed E-state index contributed by atoms with van der Waals surface area (Å²) in [7, 11) is 0.